The van der Waals surface area contributed by atoms with Gasteiger partial charge in [-0.15, -0.1) is 0 Å². The average Bonchev–Trinajstić information content (AvgIpc) is 2.91. The zero-order chi connectivity index (χ0) is 13.9. The highest BCUT2D eigenvalue weighted by atomic mass is 15.2. The number of aromatic amines is 1. The Bertz CT molecular complexity index is 569. The first-order valence-electron chi connectivity index (χ1n) is 7.75. The number of aromatic nitrogens is 2. The van der Waals surface area contributed by atoms with Crippen molar-refractivity contribution < 1.29 is 0 Å². The van der Waals surface area contributed by atoms with Crippen LogP contribution in [0.3, 0.4) is 0 Å². The van der Waals surface area contributed by atoms with Crippen molar-refractivity contribution in [3.05, 3.63) is 29.6 Å². The molecular formula is C16H24N4. The van der Waals surface area contributed by atoms with E-state index >= 15 is 0 Å². The van der Waals surface area contributed by atoms with E-state index in [0.29, 0.717) is 6.04 Å². The van der Waals surface area contributed by atoms with Gasteiger partial charge in [0.1, 0.15) is 5.82 Å². The Morgan fingerprint density at radius 1 is 1.25 bits per heavy atom. The molecule has 1 aliphatic rings. The van der Waals surface area contributed by atoms with Crippen molar-refractivity contribution in [1.82, 2.24) is 20.2 Å². The summed E-state index contributed by atoms with van der Waals surface area (Å²) >= 11 is 0. The van der Waals surface area contributed by atoms with Gasteiger partial charge in [0.05, 0.1) is 17.1 Å². The molecule has 0 aliphatic carbocycles. The standard InChI is InChI=1S/C16H24N4/c1-3-12-5-6-13-14(11-12)19-16(18-13)15(4-2)20-9-7-17-8-10-20/h5-6,11,15,17H,3-4,7-10H2,1-2H3,(H,18,19). The minimum absolute atomic E-state index is 0.412. The maximum absolute atomic E-state index is 4.82. The maximum atomic E-state index is 4.82. The fourth-order valence-corrected chi connectivity index (χ4v) is 3.07. The second kappa shape index (κ2) is 5.94. The first-order valence-corrected chi connectivity index (χ1v) is 7.75. The first-order chi connectivity index (χ1) is 9.81. The summed E-state index contributed by atoms with van der Waals surface area (Å²) in [5, 5.41) is 3.41. The monoisotopic (exact) mass is 272 g/mol. The fraction of sp³-hybridized carbons (Fsp3) is 0.562. The number of nitrogens with zero attached hydrogens (tertiary/aromatic N) is 2. The normalized spacial score (nSPS) is 18.5. The molecule has 108 valence electrons. The number of hydrogen-bond acceptors (Lipinski definition) is 3. The van der Waals surface area contributed by atoms with Gasteiger partial charge in [-0.05, 0) is 30.5 Å². The topological polar surface area (TPSA) is 44.0 Å². The number of imidazole rings is 1. The predicted octanol–water partition coefficient (Wildman–Crippen LogP) is 2.48. The van der Waals surface area contributed by atoms with E-state index in [2.05, 4.69) is 47.2 Å². The Labute approximate surface area is 120 Å². The van der Waals surface area contributed by atoms with Crippen molar-refractivity contribution in [1.29, 1.82) is 0 Å². The molecule has 2 N–H and O–H groups in total. The lowest BCUT2D eigenvalue weighted by molar-refractivity contribution is 0.164. The molecule has 0 spiro atoms. The van der Waals surface area contributed by atoms with Gasteiger partial charge in [-0.25, -0.2) is 4.98 Å². The number of H-pyrrole nitrogens is 1. The van der Waals surface area contributed by atoms with E-state index in [-0.39, 0.29) is 0 Å². The van der Waals surface area contributed by atoms with E-state index in [1.165, 1.54) is 11.1 Å². The number of rotatable bonds is 4. The second-order valence-corrected chi connectivity index (χ2v) is 5.54. The number of fused-ring (bicyclic) bond motifs is 1. The Kier molecular flexibility index (Phi) is 4.03. The number of hydrogen-bond donors (Lipinski definition) is 2. The molecule has 4 heteroatoms. The molecule has 2 aromatic rings. The van der Waals surface area contributed by atoms with Crippen LogP contribution in [-0.4, -0.2) is 41.0 Å². The molecule has 0 saturated carbocycles. The van der Waals surface area contributed by atoms with Gasteiger partial charge in [0.15, 0.2) is 0 Å². The van der Waals surface area contributed by atoms with Gasteiger partial charge < -0.3 is 10.3 Å². The van der Waals surface area contributed by atoms with Crippen LogP contribution in [0.2, 0.25) is 0 Å². The van der Waals surface area contributed by atoms with Crippen molar-refractivity contribution in [2.75, 3.05) is 26.2 Å². The van der Waals surface area contributed by atoms with Gasteiger partial charge in [-0.1, -0.05) is 19.9 Å². The summed E-state index contributed by atoms with van der Waals surface area (Å²) < 4.78 is 0. The van der Waals surface area contributed by atoms with Crippen LogP contribution in [0, 0.1) is 0 Å². The summed E-state index contributed by atoms with van der Waals surface area (Å²) in [6.45, 7) is 8.81. The third-order valence-electron chi connectivity index (χ3n) is 4.27. The highest BCUT2D eigenvalue weighted by molar-refractivity contribution is 5.76. The number of nitrogens with one attached hydrogen (secondary N) is 2. The lowest BCUT2D eigenvalue weighted by Gasteiger charge is -2.33. The Balaban J connectivity index is 1.90. The van der Waals surface area contributed by atoms with Gasteiger partial charge in [-0.2, -0.15) is 0 Å². The summed E-state index contributed by atoms with van der Waals surface area (Å²) in [4.78, 5) is 10.9. The average molecular weight is 272 g/mol. The minimum atomic E-state index is 0.412. The van der Waals surface area contributed by atoms with Crippen LogP contribution >= 0.6 is 0 Å². The van der Waals surface area contributed by atoms with Gasteiger partial charge in [0.25, 0.3) is 0 Å². The molecule has 1 aromatic carbocycles. The molecule has 1 aliphatic heterocycles. The minimum Gasteiger partial charge on any atom is -0.341 e. The van der Waals surface area contributed by atoms with Crippen molar-refractivity contribution in [3.8, 4) is 0 Å². The summed E-state index contributed by atoms with van der Waals surface area (Å²) in [7, 11) is 0. The molecule has 0 bridgehead atoms. The lowest BCUT2D eigenvalue weighted by atomic mass is 10.1. The molecule has 3 rings (SSSR count). The number of piperazine rings is 1. The Morgan fingerprint density at radius 2 is 2.05 bits per heavy atom. The number of aryl methyl sites for hydroxylation is 1. The van der Waals surface area contributed by atoms with E-state index in [1.807, 2.05) is 0 Å². The van der Waals surface area contributed by atoms with Crippen molar-refractivity contribution in [3.63, 3.8) is 0 Å². The van der Waals surface area contributed by atoms with Gasteiger partial charge in [0, 0.05) is 26.2 Å². The molecule has 20 heavy (non-hydrogen) atoms. The highest BCUT2D eigenvalue weighted by Crippen LogP contribution is 2.25. The molecule has 1 atom stereocenters. The smallest absolute Gasteiger partial charge is 0.124 e. The quantitative estimate of drug-likeness (QED) is 0.898. The molecule has 0 amide bonds. The third-order valence-corrected chi connectivity index (χ3v) is 4.27. The molecule has 0 radical (unpaired) electrons. The maximum Gasteiger partial charge on any atom is 0.124 e. The van der Waals surface area contributed by atoms with E-state index < -0.39 is 0 Å². The van der Waals surface area contributed by atoms with Crippen molar-refractivity contribution >= 4 is 11.0 Å². The van der Waals surface area contributed by atoms with Crippen LogP contribution in [0.15, 0.2) is 18.2 Å². The van der Waals surface area contributed by atoms with Gasteiger partial charge in [0.2, 0.25) is 0 Å². The molecule has 1 unspecified atom stereocenters. The first kappa shape index (κ1) is 13.6. The molecule has 2 heterocycles. The summed E-state index contributed by atoms with van der Waals surface area (Å²) in [5.41, 5.74) is 3.63. The second-order valence-electron chi connectivity index (χ2n) is 5.54. The molecule has 4 nitrogen and oxygen atoms in total. The summed E-state index contributed by atoms with van der Waals surface area (Å²) in [5.74, 6) is 1.12. The van der Waals surface area contributed by atoms with Crippen molar-refractivity contribution in [2.45, 2.75) is 32.7 Å². The fourth-order valence-electron chi connectivity index (χ4n) is 3.07. The van der Waals surface area contributed by atoms with E-state index in [0.717, 1.165) is 50.4 Å². The van der Waals surface area contributed by atoms with E-state index in [9.17, 15) is 0 Å². The van der Waals surface area contributed by atoms with Crippen LogP contribution in [-0.2, 0) is 6.42 Å². The van der Waals surface area contributed by atoms with Crippen LogP contribution < -0.4 is 5.32 Å². The van der Waals surface area contributed by atoms with E-state index in [4.69, 9.17) is 4.98 Å². The molecular weight excluding hydrogens is 248 g/mol. The summed E-state index contributed by atoms with van der Waals surface area (Å²) in [6, 6.07) is 6.96. The van der Waals surface area contributed by atoms with Crippen LogP contribution in [0.4, 0.5) is 0 Å². The molecule has 1 aromatic heterocycles. The van der Waals surface area contributed by atoms with Crippen molar-refractivity contribution in [2.24, 2.45) is 0 Å². The largest absolute Gasteiger partial charge is 0.341 e. The lowest BCUT2D eigenvalue weighted by Crippen LogP contribution is -2.45. The van der Waals surface area contributed by atoms with E-state index in [1.54, 1.807) is 0 Å². The van der Waals surface area contributed by atoms with Gasteiger partial charge >= 0.3 is 0 Å². The summed E-state index contributed by atoms with van der Waals surface area (Å²) in [6.07, 6.45) is 2.17. The van der Waals surface area contributed by atoms with Crippen LogP contribution in [0.1, 0.15) is 37.7 Å². The van der Waals surface area contributed by atoms with Gasteiger partial charge in [-0.3, -0.25) is 4.90 Å². The van der Waals surface area contributed by atoms with Crippen LogP contribution in [0.5, 0.6) is 0 Å². The van der Waals surface area contributed by atoms with Crippen LogP contribution in [0.25, 0.3) is 11.0 Å². The molecule has 1 fully saturated rings. The Hall–Kier alpha value is -1.39. The zero-order valence-corrected chi connectivity index (χ0v) is 12.4. The SMILES string of the molecule is CCc1ccc2nc(C(CC)N3CCNCC3)[nH]c2c1. The highest BCUT2D eigenvalue weighted by Gasteiger charge is 2.23. The third kappa shape index (κ3) is 2.58. The Morgan fingerprint density at radius 3 is 2.75 bits per heavy atom. The zero-order valence-electron chi connectivity index (χ0n) is 12.4. The molecule has 1 saturated heterocycles. The predicted molar refractivity (Wildman–Crippen MR) is 82.9 cm³/mol. The number of benzene rings is 1.